The second-order valence-corrected chi connectivity index (χ2v) is 5.67. The summed E-state index contributed by atoms with van der Waals surface area (Å²) in [4.78, 5) is 29.4. The third kappa shape index (κ3) is 2.23. The molecule has 2 aliphatic rings. The molecule has 2 aliphatic heterocycles. The van der Waals surface area contributed by atoms with Gasteiger partial charge in [-0.15, -0.1) is 0 Å². The Hall–Kier alpha value is -2.15. The Labute approximate surface area is 121 Å². The van der Waals surface area contributed by atoms with Gasteiger partial charge in [0.2, 0.25) is 0 Å². The molecule has 1 aromatic rings. The minimum Gasteiger partial charge on any atom is -0.481 e. The smallest absolute Gasteiger partial charge is 0.321 e. The lowest BCUT2D eigenvalue weighted by molar-refractivity contribution is -0.149. The quantitative estimate of drug-likeness (QED) is 0.846. The summed E-state index contributed by atoms with van der Waals surface area (Å²) >= 11 is 0. The van der Waals surface area contributed by atoms with Crippen LogP contribution in [0.15, 0.2) is 18.5 Å². The number of aliphatic carboxylic acids is 1. The number of pyridine rings is 1. The van der Waals surface area contributed by atoms with Gasteiger partial charge in [-0.2, -0.15) is 0 Å². The Morgan fingerprint density at radius 3 is 3.05 bits per heavy atom. The molecule has 0 bridgehead atoms. The summed E-state index contributed by atoms with van der Waals surface area (Å²) in [6, 6.07) is 1.44. The van der Waals surface area contributed by atoms with Crippen molar-refractivity contribution in [2.75, 3.05) is 31.6 Å². The van der Waals surface area contributed by atoms with Gasteiger partial charge in [-0.05, 0) is 18.6 Å². The number of urea groups is 1. The number of carboxylic acid groups (broad SMARTS) is 1. The maximum absolute atomic E-state index is 12.3. The molecule has 7 heteroatoms. The van der Waals surface area contributed by atoms with Gasteiger partial charge in [0.25, 0.3) is 0 Å². The van der Waals surface area contributed by atoms with Crippen molar-refractivity contribution in [2.24, 2.45) is 11.3 Å². The van der Waals surface area contributed by atoms with E-state index in [0.717, 1.165) is 5.56 Å². The fourth-order valence-corrected chi connectivity index (χ4v) is 3.00. The van der Waals surface area contributed by atoms with Gasteiger partial charge in [-0.1, -0.05) is 0 Å². The fraction of sp³-hybridized carbons (Fsp3) is 0.500. The van der Waals surface area contributed by atoms with Crippen LogP contribution in [0.5, 0.6) is 0 Å². The Balaban J connectivity index is 1.73. The predicted octanol–water partition coefficient (Wildman–Crippen LogP) is 0.955. The molecule has 0 spiro atoms. The average Bonchev–Trinajstić information content (AvgIpc) is 2.99. The monoisotopic (exact) mass is 291 g/mol. The second-order valence-electron chi connectivity index (χ2n) is 5.67. The Morgan fingerprint density at radius 1 is 1.57 bits per heavy atom. The Bertz CT molecular complexity index is 591. The van der Waals surface area contributed by atoms with E-state index in [2.05, 4.69) is 10.3 Å². The molecule has 2 amide bonds. The highest BCUT2D eigenvalue weighted by molar-refractivity contribution is 5.91. The summed E-state index contributed by atoms with van der Waals surface area (Å²) in [6.45, 7) is 3.01. The lowest BCUT2D eigenvalue weighted by Gasteiger charge is -2.22. The van der Waals surface area contributed by atoms with Crippen LogP contribution in [-0.2, 0) is 9.53 Å². The zero-order chi connectivity index (χ0) is 15.0. The minimum absolute atomic E-state index is 0.140. The highest BCUT2D eigenvalue weighted by Gasteiger charge is 2.57. The first-order valence-corrected chi connectivity index (χ1v) is 6.80. The molecule has 3 rings (SSSR count). The number of aromatic nitrogens is 1. The lowest BCUT2D eigenvalue weighted by atomic mass is 9.81. The SMILES string of the molecule is Cc1cnccc1NC(=O)N1C[C@@H]2COC[C@]2(C(=O)O)C1. The van der Waals surface area contributed by atoms with Crippen LogP contribution in [0.3, 0.4) is 0 Å². The van der Waals surface area contributed by atoms with E-state index < -0.39 is 11.4 Å². The van der Waals surface area contributed by atoms with Crippen LogP contribution in [0.1, 0.15) is 5.56 Å². The van der Waals surface area contributed by atoms with Crippen LogP contribution in [0, 0.1) is 18.3 Å². The number of anilines is 1. The summed E-state index contributed by atoms with van der Waals surface area (Å²) in [6.07, 6.45) is 3.27. The zero-order valence-electron chi connectivity index (χ0n) is 11.7. The van der Waals surface area contributed by atoms with Crippen molar-refractivity contribution in [1.29, 1.82) is 0 Å². The summed E-state index contributed by atoms with van der Waals surface area (Å²) in [7, 11) is 0. The van der Waals surface area contributed by atoms with Gasteiger partial charge in [0.15, 0.2) is 0 Å². The average molecular weight is 291 g/mol. The number of carbonyl (C=O) groups excluding carboxylic acids is 1. The molecule has 0 aromatic carbocycles. The van der Waals surface area contributed by atoms with Crippen molar-refractivity contribution in [3.63, 3.8) is 0 Å². The Morgan fingerprint density at radius 2 is 2.38 bits per heavy atom. The molecule has 2 fully saturated rings. The number of amides is 2. The van der Waals surface area contributed by atoms with Crippen molar-refractivity contribution in [2.45, 2.75) is 6.92 Å². The van der Waals surface area contributed by atoms with Crippen LogP contribution in [0.2, 0.25) is 0 Å². The number of carbonyl (C=O) groups is 2. The highest BCUT2D eigenvalue weighted by Crippen LogP contribution is 2.41. The third-order valence-corrected chi connectivity index (χ3v) is 4.35. The summed E-state index contributed by atoms with van der Waals surface area (Å²) in [5, 5.41) is 12.3. The molecule has 3 heterocycles. The molecular formula is C14H17N3O4. The number of ether oxygens (including phenoxy) is 1. The molecule has 2 N–H and O–H groups in total. The summed E-state index contributed by atoms with van der Waals surface area (Å²) in [5.74, 6) is -1.03. The fourth-order valence-electron chi connectivity index (χ4n) is 3.00. The van der Waals surface area contributed by atoms with Crippen molar-refractivity contribution in [3.05, 3.63) is 24.0 Å². The lowest BCUT2D eigenvalue weighted by Crippen LogP contribution is -2.41. The standard InChI is InChI=1S/C14H17N3O4/c1-9-4-15-3-2-11(9)16-13(20)17-5-10-6-21-8-14(10,7-17)12(18)19/h2-4,10H,5-8H2,1H3,(H,18,19)(H,15,16,20)/t10-,14-/m1/s1. The number of nitrogens with one attached hydrogen (secondary N) is 1. The highest BCUT2D eigenvalue weighted by atomic mass is 16.5. The van der Waals surface area contributed by atoms with Gasteiger partial charge in [0.05, 0.1) is 13.2 Å². The number of rotatable bonds is 2. The largest absolute Gasteiger partial charge is 0.481 e. The molecule has 112 valence electrons. The molecule has 0 aliphatic carbocycles. The molecule has 2 saturated heterocycles. The van der Waals surface area contributed by atoms with Gasteiger partial charge < -0.3 is 20.1 Å². The summed E-state index contributed by atoms with van der Waals surface area (Å²) in [5.41, 5.74) is 0.596. The molecule has 1 aromatic heterocycles. The zero-order valence-corrected chi connectivity index (χ0v) is 11.7. The molecule has 0 saturated carbocycles. The van der Waals surface area contributed by atoms with Crippen LogP contribution < -0.4 is 5.32 Å². The van der Waals surface area contributed by atoms with Crippen LogP contribution in [0.25, 0.3) is 0 Å². The van der Waals surface area contributed by atoms with Gasteiger partial charge in [0.1, 0.15) is 5.41 Å². The Kier molecular flexibility index (Phi) is 3.29. The van der Waals surface area contributed by atoms with Crippen molar-refractivity contribution >= 4 is 17.7 Å². The van der Waals surface area contributed by atoms with E-state index in [0.29, 0.717) is 18.8 Å². The van der Waals surface area contributed by atoms with Crippen LogP contribution >= 0.6 is 0 Å². The number of nitrogens with zero attached hydrogens (tertiary/aromatic N) is 2. The van der Waals surface area contributed by atoms with E-state index >= 15 is 0 Å². The van der Waals surface area contributed by atoms with Crippen molar-refractivity contribution in [1.82, 2.24) is 9.88 Å². The molecule has 21 heavy (non-hydrogen) atoms. The van der Waals surface area contributed by atoms with Gasteiger partial charge in [-0.3, -0.25) is 9.78 Å². The second kappa shape index (κ2) is 5.00. The number of likely N-dealkylation sites (tertiary alicyclic amines) is 1. The third-order valence-electron chi connectivity index (χ3n) is 4.35. The number of aryl methyl sites for hydroxylation is 1. The number of hydrogen-bond donors (Lipinski definition) is 2. The number of carboxylic acids is 1. The molecule has 0 unspecified atom stereocenters. The van der Waals surface area contributed by atoms with Crippen LogP contribution in [0.4, 0.5) is 10.5 Å². The number of fused-ring (bicyclic) bond motifs is 1. The first kappa shape index (κ1) is 13.8. The van der Waals surface area contributed by atoms with E-state index in [1.54, 1.807) is 23.4 Å². The van der Waals surface area contributed by atoms with Gasteiger partial charge >= 0.3 is 12.0 Å². The topological polar surface area (TPSA) is 91.8 Å². The van der Waals surface area contributed by atoms with E-state index in [-0.39, 0.29) is 25.1 Å². The maximum Gasteiger partial charge on any atom is 0.321 e. The molecule has 0 radical (unpaired) electrons. The van der Waals surface area contributed by atoms with E-state index in [9.17, 15) is 14.7 Å². The predicted molar refractivity (Wildman–Crippen MR) is 73.9 cm³/mol. The van der Waals surface area contributed by atoms with E-state index in [1.165, 1.54) is 0 Å². The first-order valence-electron chi connectivity index (χ1n) is 6.80. The van der Waals surface area contributed by atoms with Gasteiger partial charge in [-0.25, -0.2) is 4.79 Å². The molecular weight excluding hydrogens is 274 g/mol. The van der Waals surface area contributed by atoms with Crippen molar-refractivity contribution in [3.8, 4) is 0 Å². The normalized spacial score (nSPS) is 27.5. The van der Waals surface area contributed by atoms with E-state index in [1.807, 2.05) is 6.92 Å². The number of hydrogen-bond acceptors (Lipinski definition) is 4. The minimum atomic E-state index is -0.954. The maximum atomic E-state index is 12.3. The molecule has 2 atom stereocenters. The first-order chi connectivity index (χ1) is 10.0. The summed E-state index contributed by atoms with van der Waals surface area (Å²) < 4.78 is 5.29. The van der Waals surface area contributed by atoms with E-state index in [4.69, 9.17) is 4.74 Å². The van der Waals surface area contributed by atoms with Crippen molar-refractivity contribution < 1.29 is 19.4 Å². The van der Waals surface area contributed by atoms with Gasteiger partial charge in [0, 0.05) is 37.1 Å². The molecule has 7 nitrogen and oxygen atoms in total. The van der Waals surface area contributed by atoms with Crippen LogP contribution in [-0.4, -0.2) is 53.3 Å².